The van der Waals surface area contributed by atoms with Crippen LogP contribution in [-0.2, 0) is 4.79 Å². The second-order valence-corrected chi connectivity index (χ2v) is 4.38. The van der Waals surface area contributed by atoms with Crippen molar-refractivity contribution in [1.82, 2.24) is 15.1 Å². The first-order valence-electron chi connectivity index (χ1n) is 5.62. The average Bonchev–Trinajstić information content (AvgIpc) is 2.81. The van der Waals surface area contributed by atoms with Gasteiger partial charge in [0.1, 0.15) is 5.69 Å². The van der Waals surface area contributed by atoms with Gasteiger partial charge in [-0.05, 0) is 25.8 Å². The largest absolute Gasteiger partial charge is 0.481 e. The number of carboxylic acid groups (broad SMARTS) is 1. The van der Waals surface area contributed by atoms with Crippen LogP contribution in [0.5, 0.6) is 0 Å². The van der Waals surface area contributed by atoms with E-state index in [2.05, 4.69) is 10.2 Å². The van der Waals surface area contributed by atoms with E-state index in [1.165, 1.54) is 6.20 Å². The highest BCUT2D eigenvalue weighted by molar-refractivity contribution is 5.92. The fourth-order valence-electron chi connectivity index (χ4n) is 2.23. The summed E-state index contributed by atoms with van der Waals surface area (Å²) in [4.78, 5) is 24.6. The third-order valence-corrected chi connectivity index (χ3v) is 3.22. The zero-order chi connectivity index (χ0) is 12.4. The minimum atomic E-state index is -0.773. The second-order valence-electron chi connectivity index (χ2n) is 4.38. The Morgan fingerprint density at radius 2 is 2.35 bits per heavy atom. The number of likely N-dealkylation sites (tertiary alicyclic amines) is 1. The molecule has 2 rings (SSSR count). The number of aromatic amines is 1. The summed E-state index contributed by atoms with van der Waals surface area (Å²) in [5, 5.41) is 15.3. The first-order chi connectivity index (χ1) is 8.09. The fraction of sp³-hybridized carbons (Fsp3) is 0.545. The van der Waals surface area contributed by atoms with E-state index in [1.807, 2.05) is 6.92 Å². The standard InChI is InChI=1S/C11H15N3O3/c1-7-6-8(11(16)17)3-5-14(7)10(15)9-2-4-12-13-9/h2,4,7-8H,3,5-6H2,1H3,(H,12,13)(H,16,17). The van der Waals surface area contributed by atoms with Crippen molar-refractivity contribution in [2.45, 2.75) is 25.8 Å². The Balaban J connectivity index is 2.05. The number of carboxylic acids is 1. The molecule has 0 saturated carbocycles. The van der Waals surface area contributed by atoms with E-state index >= 15 is 0 Å². The molecule has 1 fully saturated rings. The molecule has 0 radical (unpaired) electrons. The van der Waals surface area contributed by atoms with E-state index in [-0.39, 0.29) is 17.9 Å². The third-order valence-electron chi connectivity index (χ3n) is 3.22. The second kappa shape index (κ2) is 4.57. The molecule has 0 spiro atoms. The van der Waals surface area contributed by atoms with Gasteiger partial charge in [-0.15, -0.1) is 0 Å². The molecule has 2 N–H and O–H groups in total. The van der Waals surface area contributed by atoms with Crippen LogP contribution in [0.1, 0.15) is 30.3 Å². The lowest BCUT2D eigenvalue weighted by Gasteiger charge is -2.35. The summed E-state index contributed by atoms with van der Waals surface area (Å²) in [7, 11) is 0. The molecule has 2 unspecified atom stereocenters. The number of amides is 1. The summed E-state index contributed by atoms with van der Waals surface area (Å²) in [5.41, 5.74) is 0.450. The molecule has 1 saturated heterocycles. The number of hydrogen-bond donors (Lipinski definition) is 2. The smallest absolute Gasteiger partial charge is 0.306 e. The van der Waals surface area contributed by atoms with Gasteiger partial charge < -0.3 is 10.0 Å². The van der Waals surface area contributed by atoms with Gasteiger partial charge >= 0.3 is 5.97 Å². The monoisotopic (exact) mass is 237 g/mol. The summed E-state index contributed by atoms with van der Waals surface area (Å²) in [5.74, 6) is -1.22. The number of carbonyl (C=O) groups excluding carboxylic acids is 1. The number of hydrogen-bond acceptors (Lipinski definition) is 3. The third kappa shape index (κ3) is 2.30. The van der Waals surface area contributed by atoms with Crippen LogP contribution in [0, 0.1) is 5.92 Å². The average molecular weight is 237 g/mol. The van der Waals surface area contributed by atoms with Crippen molar-refractivity contribution < 1.29 is 14.7 Å². The van der Waals surface area contributed by atoms with Crippen molar-refractivity contribution in [1.29, 1.82) is 0 Å². The number of aromatic nitrogens is 2. The minimum absolute atomic E-state index is 0.0550. The van der Waals surface area contributed by atoms with E-state index in [0.717, 1.165) is 0 Å². The molecule has 1 aromatic rings. The van der Waals surface area contributed by atoms with E-state index < -0.39 is 5.97 Å². The van der Waals surface area contributed by atoms with Gasteiger partial charge in [0.25, 0.3) is 5.91 Å². The van der Waals surface area contributed by atoms with Crippen LogP contribution in [-0.4, -0.2) is 44.7 Å². The van der Waals surface area contributed by atoms with Gasteiger partial charge in [-0.25, -0.2) is 0 Å². The first-order valence-corrected chi connectivity index (χ1v) is 5.62. The van der Waals surface area contributed by atoms with Crippen molar-refractivity contribution >= 4 is 11.9 Å². The number of nitrogens with zero attached hydrogens (tertiary/aromatic N) is 2. The molecule has 1 aliphatic rings. The highest BCUT2D eigenvalue weighted by atomic mass is 16.4. The lowest BCUT2D eigenvalue weighted by Crippen LogP contribution is -2.46. The molecule has 6 heteroatoms. The molecular formula is C11H15N3O3. The van der Waals surface area contributed by atoms with Crippen LogP contribution >= 0.6 is 0 Å². The Labute approximate surface area is 98.6 Å². The molecule has 2 heterocycles. The molecule has 1 amide bonds. The van der Waals surface area contributed by atoms with E-state index in [1.54, 1.807) is 11.0 Å². The van der Waals surface area contributed by atoms with Gasteiger partial charge in [0, 0.05) is 18.8 Å². The highest BCUT2D eigenvalue weighted by Crippen LogP contribution is 2.24. The molecule has 2 atom stereocenters. The summed E-state index contributed by atoms with van der Waals surface area (Å²) in [6.45, 7) is 2.36. The predicted molar refractivity (Wildman–Crippen MR) is 59.4 cm³/mol. The SMILES string of the molecule is CC1CC(C(=O)O)CCN1C(=O)c1ccn[nH]1. The number of piperidine rings is 1. The predicted octanol–water partition coefficient (Wildman–Crippen LogP) is 0.735. The number of aliphatic carboxylic acids is 1. The van der Waals surface area contributed by atoms with Crippen LogP contribution in [0.2, 0.25) is 0 Å². The Hall–Kier alpha value is -1.85. The highest BCUT2D eigenvalue weighted by Gasteiger charge is 2.32. The lowest BCUT2D eigenvalue weighted by molar-refractivity contribution is -0.143. The zero-order valence-electron chi connectivity index (χ0n) is 9.59. The van der Waals surface area contributed by atoms with Gasteiger partial charge in [-0.2, -0.15) is 5.10 Å². The lowest BCUT2D eigenvalue weighted by atomic mass is 9.91. The van der Waals surface area contributed by atoms with E-state index in [9.17, 15) is 9.59 Å². The molecule has 17 heavy (non-hydrogen) atoms. The Bertz CT molecular complexity index is 416. The van der Waals surface area contributed by atoms with Crippen molar-refractivity contribution in [3.05, 3.63) is 18.0 Å². The number of H-pyrrole nitrogens is 1. The molecule has 0 aliphatic carbocycles. The number of carbonyl (C=O) groups is 2. The topological polar surface area (TPSA) is 86.3 Å². The Kier molecular flexibility index (Phi) is 3.12. The van der Waals surface area contributed by atoms with Crippen molar-refractivity contribution in [3.8, 4) is 0 Å². The molecule has 92 valence electrons. The van der Waals surface area contributed by atoms with Crippen LogP contribution in [0.4, 0.5) is 0 Å². The minimum Gasteiger partial charge on any atom is -0.481 e. The number of rotatable bonds is 2. The van der Waals surface area contributed by atoms with Gasteiger partial charge in [0.05, 0.1) is 5.92 Å². The molecular weight excluding hydrogens is 222 g/mol. The van der Waals surface area contributed by atoms with Gasteiger partial charge in [0.2, 0.25) is 0 Å². The normalized spacial score (nSPS) is 24.6. The van der Waals surface area contributed by atoms with Crippen LogP contribution in [0.15, 0.2) is 12.3 Å². The molecule has 0 aromatic carbocycles. The molecule has 6 nitrogen and oxygen atoms in total. The molecule has 1 aliphatic heterocycles. The summed E-state index contributed by atoms with van der Waals surface area (Å²) in [6, 6.07) is 1.57. The van der Waals surface area contributed by atoms with Crippen LogP contribution < -0.4 is 0 Å². The van der Waals surface area contributed by atoms with Crippen molar-refractivity contribution in [3.63, 3.8) is 0 Å². The molecule has 1 aromatic heterocycles. The van der Waals surface area contributed by atoms with Crippen LogP contribution in [0.3, 0.4) is 0 Å². The first kappa shape index (κ1) is 11.6. The maximum Gasteiger partial charge on any atom is 0.306 e. The summed E-state index contributed by atoms with van der Waals surface area (Å²) >= 11 is 0. The Morgan fingerprint density at radius 1 is 1.59 bits per heavy atom. The van der Waals surface area contributed by atoms with Crippen LogP contribution in [0.25, 0.3) is 0 Å². The van der Waals surface area contributed by atoms with Gasteiger partial charge in [-0.1, -0.05) is 0 Å². The van der Waals surface area contributed by atoms with Gasteiger partial charge in [-0.3, -0.25) is 14.7 Å². The fourth-order valence-corrected chi connectivity index (χ4v) is 2.23. The molecule has 0 bridgehead atoms. The quantitative estimate of drug-likeness (QED) is 0.794. The maximum atomic E-state index is 12.1. The maximum absolute atomic E-state index is 12.1. The number of nitrogens with one attached hydrogen (secondary N) is 1. The summed E-state index contributed by atoms with van der Waals surface area (Å²) < 4.78 is 0. The van der Waals surface area contributed by atoms with Crippen molar-refractivity contribution in [2.75, 3.05) is 6.54 Å². The Morgan fingerprint density at radius 3 is 2.88 bits per heavy atom. The zero-order valence-corrected chi connectivity index (χ0v) is 9.59. The van der Waals surface area contributed by atoms with Crippen molar-refractivity contribution in [2.24, 2.45) is 5.92 Å². The van der Waals surface area contributed by atoms with E-state index in [0.29, 0.717) is 25.1 Å². The van der Waals surface area contributed by atoms with E-state index in [4.69, 9.17) is 5.11 Å². The van der Waals surface area contributed by atoms with Gasteiger partial charge in [0.15, 0.2) is 0 Å². The summed E-state index contributed by atoms with van der Waals surface area (Å²) in [6.07, 6.45) is 2.55.